The summed E-state index contributed by atoms with van der Waals surface area (Å²) < 4.78 is 28.8. The Morgan fingerprint density at radius 1 is 0.922 bits per heavy atom. The van der Waals surface area contributed by atoms with Gasteiger partial charge in [-0.2, -0.15) is 0 Å². The van der Waals surface area contributed by atoms with E-state index in [9.17, 15) is 42.3 Å². The van der Waals surface area contributed by atoms with Crippen LogP contribution in [-0.4, -0.2) is 96.6 Å². The van der Waals surface area contributed by atoms with Crippen LogP contribution < -0.4 is 42.6 Å². The second-order valence-electron chi connectivity index (χ2n) is 12.8. The zero-order valence-electron chi connectivity index (χ0n) is 28.0. The van der Waals surface area contributed by atoms with Gasteiger partial charge in [-0.1, -0.05) is 45.2 Å². The van der Waals surface area contributed by atoms with E-state index >= 15 is 0 Å². The molecule has 7 amide bonds. The second-order valence-corrected chi connectivity index (χ2v) is 15.5. The number of nitrogens with two attached hydrogens (primary N) is 2. The Kier molecular flexibility index (Phi) is 14.2. The Hall–Kier alpha value is -4.39. The minimum Gasteiger partial charge on any atom is -0.404 e. The second kappa shape index (κ2) is 17.7. The predicted molar refractivity (Wildman–Crippen MR) is 180 cm³/mol. The van der Waals surface area contributed by atoms with E-state index in [1.54, 1.807) is 13.8 Å². The third-order valence-corrected chi connectivity index (χ3v) is 10.1. The fraction of sp³-hybridized carbons (Fsp3) is 0.567. The minimum atomic E-state index is -4.86. The summed E-state index contributed by atoms with van der Waals surface area (Å²) in [4.78, 5) is 110. The van der Waals surface area contributed by atoms with Crippen LogP contribution in [0.15, 0.2) is 24.3 Å². The monoisotopic (exact) mass is 757 g/mol. The fourth-order valence-corrected chi connectivity index (χ4v) is 7.24. The summed E-state index contributed by atoms with van der Waals surface area (Å²) in [5.41, 5.74) is 9.62. The van der Waals surface area contributed by atoms with Crippen LogP contribution in [0.1, 0.15) is 57.9 Å². The SMILES string of the molecule is CC(C)[C@H]1NC(=O)[C@@H](CC(N)=O)NC(=O)C2(CCCCC2)NC(=O)[C@@H](Cc2ccc(OP(=O)(O)O)cc2)NC(=O)C[S@](=O)C[C@H](C(N)=O)NC1=O. The maximum atomic E-state index is 14.0. The molecule has 1 saturated heterocycles. The van der Waals surface area contributed by atoms with Crippen LogP contribution in [0.2, 0.25) is 0 Å². The molecule has 1 heterocycles. The molecule has 21 heteroatoms. The lowest BCUT2D eigenvalue weighted by Gasteiger charge is -2.38. The molecule has 1 aliphatic heterocycles. The van der Waals surface area contributed by atoms with Gasteiger partial charge in [0.1, 0.15) is 41.2 Å². The lowest BCUT2D eigenvalue weighted by molar-refractivity contribution is -0.139. The van der Waals surface area contributed by atoms with Gasteiger partial charge >= 0.3 is 7.82 Å². The third-order valence-electron chi connectivity index (χ3n) is 8.32. The van der Waals surface area contributed by atoms with Gasteiger partial charge in [0.15, 0.2) is 0 Å². The van der Waals surface area contributed by atoms with Crippen molar-refractivity contribution in [2.45, 2.75) is 88.5 Å². The number of hydrogen-bond donors (Lipinski definition) is 9. The van der Waals surface area contributed by atoms with Crippen LogP contribution in [0.5, 0.6) is 5.75 Å². The molecular formula is C30H44N7O12PS. The smallest absolute Gasteiger partial charge is 0.404 e. The Bertz CT molecular complexity index is 1580. The molecule has 1 saturated carbocycles. The molecule has 2 fully saturated rings. The molecule has 282 valence electrons. The summed E-state index contributed by atoms with van der Waals surface area (Å²) in [7, 11) is -6.98. The molecule has 0 unspecified atom stereocenters. The fourth-order valence-electron chi connectivity index (χ4n) is 5.73. The van der Waals surface area contributed by atoms with E-state index in [0.717, 1.165) is 6.42 Å². The number of phosphoric ester groups is 1. The van der Waals surface area contributed by atoms with Crippen molar-refractivity contribution in [3.05, 3.63) is 29.8 Å². The molecule has 19 nitrogen and oxygen atoms in total. The van der Waals surface area contributed by atoms with E-state index in [4.69, 9.17) is 21.3 Å². The highest BCUT2D eigenvalue weighted by atomic mass is 32.2. The Balaban J connectivity index is 2.05. The number of benzene rings is 1. The van der Waals surface area contributed by atoms with E-state index in [1.165, 1.54) is 24.3 Å². The molecule has 51 heavy (non-hydrogen) atoms. The number of hydrogen-bond acceptors (Lipinski definition) is 10. The van der Waals surface area contributed by atoms with E-state index in [-0.39, 0.29) is 25.0 Å². The number of amides is 7. The summed E-state index contributed by atoms with van der Waals surface area (Å²) in [6.07, 6.45) is 1.07. The van der Waals surface area contributed by atoms with Crippen molar-refractivity contribution >= 4 is 60.0 Å². The number of phosphoric acid groups is 1. The number of nitrogens with one attached hydrogen (secondary N) is 5. The van der Waals surface area contributed by atoms with Crippen molar-refractivity contribution < 1.29 is 56.6 Å². The van der Waals surface area contributed by atoms with Gasteiger partial charge < -0.3 is 42.6 Å². The van der Waals surface area contributed by atoms with Gasteiger partial charge in [-0.15, -0.1) is 0 Å². The molecule has 1 aliphatic carbocycles. The van der Waals surface area contributed by atoms with Gasteiger partial charge in [0.25, 0.3) is 0 Å². The normalized spacial score (nSPS) is 25.7. The summed E-state index contributed by atoms with van der Waals surface area (Å²) in [5, 5.41) is 12.6. The number of carbonyl (C=O) groups excluding carboxylic acids is 7. The summed E-state index contributed by atoms with van der Waals surface area (Å²) in [5.74, 6) is -8.50. The van der Waals surface area contributed by atoms with E-state index in [2.05, 4.69) is 31.1 Å². The predicted octanol–water partition coefficient (Wildman–Crippen LogP) is -2.76. The molecule has 0 bridgehead atoms. The lowest BCUT2D eigenvalue weighted by Crippen LogP contribution is -2.66. The largest absolute Gasteiger partial charge is 0.524 e. The molecular weight excluding hydrogens is 713 g/mol. The van der Waals surface area contributed by atoms with Gasteiger partial charge in [-0.3, -0.25) is 47.6 Å². The molecule has 2 aliphatic rings. The first-order valence-electron chi connectivity index (χ1n) is 16.1. The van der Waals surface area contributed by atoms with Crippen LogP contribution in [-0.2, 0) is 55.3 Å². The highest BCUT2D eigenvalue weighted by Gasteiger charge is 2.44. The third kappa shape index (κ3) is 12.4. The molecule has 1 spiro atoms. The molecule has 0 radical (unpaired) electrons. The van der Waals surface area contributed by atoms with Gasteiger partial charge in [-0.05, 0) is 36.5 Å². The average Bonchev–Trinajstić information content (AvgIpc) is 3.02. The zero-order valence-corrected chi connectivity index (χ0v) is 29.8. The quantitative estimate of drug-likeness (QED) is 0.122. The van der Waals surface area contributed by atoms with Crippen molar-refractivity contribution in [3.8, 4) is 5.75 Å². The van der Waals surface area contributed by atoms with Gasteiger partial charge in [0, 0.05) is 17.2 Å². The van der Waals surface area contributed by atoms with Crippen molar-refractivity contribution in [3.63, 3.8) is 0 Å². The first-order chi connectivity index (χ1) is 23.8. The molecule has 1 aromatic rings. The molecule has 1 aromatic carbocycles. The lowest BCUT2D eigenvalue weighted by atomic mass is 9.80. The Morgan fingerprint density at radius 3 is 2.10 bits per heavy atom. The first kappa shape index (κ1) is 41.0. The highest BCUT2D eigenvalue weighted by molar-refractivity contribution is 7.85. The number of carbonyl (C=O) groups is 7. The van der Waals surface area contributed by atoms with Crippen molar-refractivity contribution in [2.24, 2.45) is 17.4 Å². The number of primary amides is 2. The summed E-state index contributed by atoms with van der Waals surface area (Å²) >= 11 is 0. The summed E-state index contributed by atoms with van der Waals surface area (Å²) in [6, 6.07) is -0.617. The van der Waals surface area contributed by atoms with Gasteiger partial charge in [-0.25, -0.2) is 4.57 Å². The van der Waals surface area contributed by atoms with Crippen molar-refractivity contribution in [1.82, 2.24) is 26.6 Å². The maximum absolute atomic E-state index is 14.0. The first-order valence-corrected chi connectivity index (χ1v) is 19.1. The standard InChI is InChI=1S/C30H44N7O12PS/c1-16(2)24-28(43)34-21(25(32)40)14-51(48)15-23(39)33-19(12-17-6-8-18(9-7-17)49-50(45,46)47)27(42)37-30(10-4-3-5-11-30)29(44)35-20(13-22(31)38)26(41)36-24/h6-9,16,19-21,24H,3-5,10-15H2,1-2H3,(H2,31,38)(H2,32,40)(H,33,39)(H,34,43)(H,35,44)(H,36,41)(H,37,42)(H2,45,46,47)/t19-,20-,21-,24-,51-/m1/s1. The topological polar surface area (TPSA) is 316 Å². The van der Waals surface area contributed by atoms with Crippen LogP contribution in [0.3, 0.4) is 0 Å². The molecule has 11 N–H and O–H groups in total. The van der Waals surface area contributed by atoms with Gasteiger partial charge in [0.05, 0.1) is 12.2 Å². The molecule has 0 aromatic heterocycles. The van der Waals surface area contributed by atoms with Crippen LogP contribution in [0, 0.1) is 5.92 Å². The van der Waals surface area contributed by atoms with Crippen LogP contribution >= 0.6 is 7.82 Å². The minimum absolute atomic E-state index is 0.125. The highest BCUT2D eigenvalue weighted by Crippen LogP contribution is 2.37. The van der Waals surface area contributed by atoms with Crippen molar-refractivity contribution in [1.29, 1.82) is 0 Å². The van der Waals surface area contributed by atoms with E-state index in [0.29, 0.717) is 18.4 Å². The van der Waals surface area contributed by atoms with Crippen LogP contribution in [0.25, 0.3) is 0 Å². The van der Waals surface area contributed by atoms with Crippen molar-refractivity contribution in [2.75, 3.05) is 11.5 Å². The van der Waals surface area contributed by atoms with E-state index in [1.807, 2.05) is 0 Å². The van der Waals surface area contributed by atoms with E-state index < -0.39 is 114 Å². The maximum Gasteiger partial charge on any atom is 0.524 e. The average molecular weight is 758 g/mol. The van der Waals surface area contributed by atoms with Crippen LogP contribution in [0.4, 0.5) is 0 Å². The molecule has 3 rings (SSSR count). The molecule has 5 atom stereocenters. The Labute approximate surface area is 295 Å². The Morgan fingerprint density at radius 2 is 1.55 bits per heavy atom. The zero-order chi connectivity index (χ0) is 38.1. The number of rotatable bonds is 8. The summed E-state index contributed by atoms with van der Waals surface area (Å²) in [6.45, 7) is 3.15. The van der Waals surface area contributed by atoms with Gasteiger partial charge in [0.2, 0.25) is 41.4 Å².